The average Bonchev–Trinajstić information content (AvgIpc) is 2.73. The molecule has 0 bridgehead atoms. The van der Waals surface area contributed by atoms with E-state index in [4.69, 9.17) is 27.9 Å². The van der Waals surface area contributed by atoms with Crippen molar-refractivity contribution in [3.05, 3.63) is 50.7 Å². The van der Waals surface area contributed by atoms with E-state index in [2.05, 4.69) is 0 Å². The zero-order valence-corrected chi connectivity index (χ0v) is 14.0. The first-order valence-electron chi connectivity index (χ1n) is 6.68. The lowest BCUT2D eigenvalue weighted by Crippen LogP contribution is -2.24. The Balaban J connectivity index is 2.55. The Morgan fingerprint density at radius 3 is 2.55 bits per heavy atom. The molecule has 6 heteroatoms. The molecule has 0 unspecified atom stereocenters. The fraction of sp³-hybridized carbons (Fsp3) is 0.250. The highest BCUT2D eigenvalue weighted by atomic mass is 35.5. The molecule has 0 aliphatic carbocycles. The van der Waals surface area contributed by atoms with Crippen LogP contribution >= 0.6 is 23.2 Å². The highest BCUT2D eigenvalue weighted by Crippen LogP contribution is 2.32. The maximum Gasteiger partial charge on any atom is 0.340 e. The Hall–Kier alpha value is -1.78. The Morgan fingerprint density at radius 1 is 1.32 bits per heavy atom. The van der Waals surface area contributed by atoms with Gasteiger partial charge in [0.15, 0.2) is 0 Å². The highest BCUT2D eigenvalue weighted by molar-refractivity contribution is 6.42. The lowest BCUT2D eigenvalue weighted by molar-refractivity contribution is -0.136. The molecule has 0 atom stereocenters. The molecule has 0 saturated carbocycles. The van der Waals surface area contributed by atoms with Crippen molar-refractivity contribution in [3.63, 3.8) is 0 Å². The van der Waals surface area contributed by atoms with Gasteiger partial charge in [-0.2, -0.15) is 0 Å². The summed E-state index contributed by atoms with van der Waals surface area (Å²) in [5.41, 5.74) is 1.85. The van der Waals surface area contributed by atoms with Crippen molar-refractivity contribution in [2.24, 2.45) is 0 Å². The van der Waals surface area contributed by atoms with Gasteiger partial charge in [0, 0.05) is 12.2 Å². The minimum absolute atomic E-state index is 0.230. The molecule has 0 saturated heterocycles. The van der Waals surface area contributed by atoms with Gasteiger partial charge in [-0.05, 0) is 37.6 Å². The normalized spacial score (nSPS) is 16.7. The van der Waals surface area contributed by atoms with Gasteiger partial charge < -0.3 is 9.64 Å². The van der Waals surface area contributed by atoms with E-state index in [0.29, 0.717) is 33.4 Å². The molecule has 1 heterocycles. The first-order chi connectivity index (χ1) is 10.4. The highest BCUT2D eigenvalue weighted by Gasteiger charge is 2.36. The molecule has 4 nitrogen and oxygen atoms in total. The van der Waals surface area contributed by atoms with Crippen molar-refractivity contribution < 1.29 is 14.3 Å². The Kier molecular flexibility index (Phi) is 4.94. The average molecular weight is 340 g/mol. The summed E-state index contributed by atoms with van der Waals surface area (Å²) in [6.45, 7) is 4.05. The number of likely N-dealkylation sites (N-methyl/N-ethyl adjacent to an activating group) is 1. The van der Waals surface area contributed by atoms with Gasteiger partial charge in [-0.15, -0.1) is 0 Å². The lowest BCUT2D eigenvalue weighted by Gasteiger charge is -2.14. The van der Waals surface area contributed by atoms with Crippen molar-refractivity contribution >= 4 is 41.2 Å². The minimum atomic E-state index is -0.534. The third-order valence-electron chi connectivity index (χ3n) is 3.47. The van der Waals surface area contributed by atoms with E-state index in [-0.39, 0.29) is 11.5 Å². The first kappa shape index (κ1) is 16.6. The van der Waals surface area contributed by atoms with E-state index in [1.807, 2.05) is 6.92 Å². The number of hydrogen-bond donors (Lipinski definition) is 0. The van der Waals surface area contributed by atoms with Crippen LogP contribution in [0.1, 0.15) is 19.4 Å². The van der Waals surface area contributed by atoms with E-state index >= 15 is 0 Å². The number of methoxy groups -OCH3 is 1. The van der Waals surface area contributed by atoms with Crippen LogP contribution in [-0.4, -0.2) is 30.4 Å². The zero-order chi connectivity index (χ0) is 16.4. The van der Waals surface area contributed by atoms with Gasteiger partial charge in [0.05, 0.1) is 28.3 Å². The van der Waals surface area contributed by atoms with Crippen LogP contribution in [0, 0.1) is 0 Å². The van der Waals surface area contributed by atoms with E-state index in [0.717, 1.165) is 0 Å². The van der Waals surface area contributed by atoms with Crippen LogP contribution in [0.5, 0.6) is 0 Å². The van der Waals surface area contributed by atoms with Crippen molar-refractivity contribution in [3.8, 4) is 0 Å². The number of amides is 1. The number of hydrogen-bond acceptors (Lipinski definition) is 3. The molecule has 116 valence electrons. The molecule has 0 fully saturated rings. The number of carbonyl (C=O) groups is 2. The van der Waals surface area contributed by atoms with Crippen LogP contribution in [0.3, 0.4) is 0 Å². The summed E-state index contributed by atoms with van der Waals surface area (Å²) in [7, 11) is 1.29. The molecule has 0 spiro atoms. The standard InChI is InChI=1S/C16H15Cl2NO3/c1-4-19-9(2)14(16(21)22-3)11(15(19)20)7-10-5-6-12(17)13(18)8-10/h5-8H,4H2,1-3H3/b11-7-. The molecule has 1 amide bonds. The maximum atomic E-state index is 12.5. The number of nitrogens with zero attached hydrogens (tertiary/aromatic N) is 1. The summed E-state index contributed by atoms with van der Waals surface area (Å²) in [6, 6.07) is 5.01. The minimum Gasteiger partial charge on any atom is -0.465 e. The summed E-state index contributed by atoms with van der Waals surface area (Å²) in [5.74, 6) is -0.764. The molecule has 0 N–H and O–H groups in total. The van der Waals surface area contributed by atoms with E-state index < -0.39 is 5.97 Å². The molecule has 0 aromatic heterocycles. The molecule has 22 heavy (non-hydrogen) atoms. The fourth-order valence-corrected chi connectivity index (χ4v) is 2.68. The van der Waals surface area contributed by atoms with E-state index in [9.17, 15) is 9.59 Å². The second-order valence-electron chi connectivity index (χ2n) is 4.73. The molecule has 0 radical (unpaired) electrons. The smallest absolute Gasteiger partial charge is 0.340 e. The van der Waals surface area contributed by atoms with Gasteiger partial charge >= 0.3 is 5.97 Å². The lowest BCUT2D eigenvalue weighted by atomic mass is 10.0. The quantitative estimate of drug-likeness (QED) is 0.623. The summed E-state index contributed by atoms with van der Waals surface area (Å²) in [4.78, 5) is 26.0. The molecular weight excluding hydrogens is 325 g/mol. The SMILES string of the molecule is CCN1C(=O)/C(=C\c2ccc(Cl)c(Cl)c2)C(C(=O)OC)=C1C. The third kappa shape index (κ3) is 2.89. The second kappa shape index (κ2) is 6.55. The van der Waals surface area contributed by atoms with Gasteiger partial charge in [0.2, 0.25) is 0 Å². The van der Waals surface area contributed by atoms with Crippen molar-refractivity contribution in [2.75, 3.05) is 13.7 Å². The van der Waals surface area contributed by atoms with Crippen LogP contribution in [0.2, 0.25) is 10.0 Å². The van der Waals surface area contributed by atoms with E-state index in [1.54, 1.807) is 31.2 Å². The van der Waals surface area contributed by atoms with Crippen molar-refractivity contribution in [2.45, 2.75) is 13.8 Å². The molecule has 2 rings (SSSR count). The van der Waals surface area contributed by atoms with Crippen LogP contribution < -0.4 is 0 Å². The van der Waals surface area contributed by atoms with E-state index in [1.165, 1.54) is 12.0 Å². The molecule has 1 aliphatic heterocycles. The summed E-state index contributed by atoms with van der Waals surface area (Å²) in [6.07, 6.45) is 1.62. The molecule has 1 aromatic carbocycles. The third-order valence-corrected chi connectivity index (χ3v) is 4.21. The number of esters is 1. The molecule has 1 aliphatic rings. The van der Waals surface area contributed by atoms with Crippen LogP contribution in [0.15, 0.2) is 35.0 Å². The van der Waals surface area contributed by atoms with Crippen molar-refractivity contribution in [1.29, 1.82) is 0 Å². The number of benzene rings is 1. The topological polar surface area (TPSA) is 46.6 Å². The second-order valence-corrected chi connectivity index (χ2v) is 5.55. The Bertz CT molecular complexity index is 707. The number of rotatable bonds is 3. The van der Waals surface area contributed by atoms with Gasteiger partial charge in [0.25, 0.3) is 5.91 Å². The van der Waals surface area contributed by atoms with Crippen LogP contribution in [-0.2, 0) is 14.3 Å². The zero-order valence-electron chi connectivity index (χ0n) is 12.4. The fourth-order valence-electron chi connectivity index (χ4n) is 2.38. The summed E-state index contributed by atoms with van der Waals surface area (Å²) in [5, 5.41) is 0.811. The largest absolute Gasteiger partial charge is 0.465 e. The first-order valence-corrected chi connectivity index (χ1v) is 7.44. The number of ether oxygens (including phenoxy) is 1. The maximum absolute atomic E-state index is 12.5. The Morgan fingerprint density at radius 2 is 2.00 bits per heavy atom. The number of allylic oxidation sites excluding steroid dienone is 1. The summed E-state index contributed by atoms with van der Waals surface area (Å²) >= 11 is 11.9. The molecular formula is C16H15Cl2NO3. The Labute approximate surface area is 138 Å². The van der Waals surface area contributed by atoms with Crippen LogP contribution in [0.25, 0.3) is 6.08 Å². The monoisotopic (exact) mass is 339 g/mol. The number of carbonyl (C=O) groups excluding carboxylic acids is 2. The molecule has 1 aromatic rings. The van der Waals surface area contributed by atoms with Gasteiger partial charge in [0.1, 0.15) is 0 Å². The van der Waals surface area contributed by atoms with Gasteiger partial charge in [-0.25, -0.2) is 4.79 Å². The van der Waals surface area contributed by atoms with Crippen molar-refractivity contribution in [1.82, 2.24) is 4.90 Å². The van der Waals surface area contributed by atoms with Gasteiger partial charge in [-0.1, -0.05) is 29.3 Å². The number of halogens is 2. The van der Waals surface area contributed by atoms with Gasteiger partial charge in [-0.3, -0.25) is 4.79 Å². The predicted octanol–water partition coefficient (Wildman–Crippen LogP) is 3.69. The summed E-state index contributed by atoms with van der Waals surface area (Å²) < 4.78 is 4.79. The predicted molar refractivity (Wildman–Crippen MR) is 86.5 cm³/mol. The van der Waals surface area contributed by atoms with Crippen LogP contribution in [0.4, 0.5) is 0 Å².